The summed E-state index contributed by atoms with van der Waals surface area (Å²) in [6.45, 7) is 4.27. The van der Waals surface area contributed by atoms with Crippen molar-refractivity contribution < 1.29 is 0 Å². The van der Waals surface area contributed by atoms with Crippen LogP contribution < -0.4 is 10.6 Å². The summed E-state index contributed by atoms with van der Waals surface area (Å²) in [4.78, 5) is 0. The molecule has 176 valence electrons. The van der Waals surface area contributed by atoms with Crippen LogP contribution in [0.2, 0.25) is 0 Å². The van der Waals surface area contributed by atoms with Crippen LogP contribution in [0.1, 0.15) is 29.5 Å². The van der Waals surface area contributed by atoms with Crippen molar-refractivity contribution in [2.75, 3.05) is 0 Å². The quantitative estimate of drug-likeness (QED) is 0.233. The van der Waals surface area contributed by atoms with E-state index in [4.69, 9.17) is 0 Å². The highest BCUT2D eigenvalue weighted by molar-refractivity contribution is 6.19. The molecule has 4 aromatic carbocycles. The molecule has 0 aliphatic heterocycles. The third kappa shape index (κ3) is 2.80. The van der Waals surface area contributed by atoms with Crippen LogP contribution in [0.3, 0.4) is 0 Å². The van der Waals surface area contributed by atoms with E-state index in [0.29, 0.717) is 11.8 Å². The molecule has 2 atom stereocenters. The zero-order valence-electron chi connectivity index (χ0n) is 21.0. The molecule has 0 fully saturated rings. The standard InChI is InChI=1S/C35H26N2/c1-20-11-22(19-36)12-21(2)34(20)27-15-30-28-13-23-7-3-5-9-25(23)17-32(28)37-33-18-26-10-6-4-8-24(26)14-29(33)31(16-27)35(30)37/h3,5-7,9-18,24,26H,4,8H2,1-2H3. The van der Waals surface area contributed by atoms with Crippen molar-refractivity contribution in [2.45, 2.75) is 26.7 Å². The van der Waals surface area contributed by atoms with E-state index in [1.807, 2.05) is 12.1 Å². The maximum atomic E-state index is 9.51. The van der Waals surface area contributed by atoms with Gasteiger partial charge in [-0.25, -0.2) is 0 Å². The fraction of sp³-hybridized carbons (Fsp3) is 0.171. The zero-order valence-corrected chi connectivity index (χ0v) is 21.0. The van der Waals surface area contributed by atoms with E-state index in [1.165, 1.54) is 66.1 Å². The Morgan fingerprint density at radius 3 is 2.41 bits per heavy atom. The van der Waals surface area contributed by atoms with Gasteiger partial charge in [0.15, 0.2) is 0 Å². The minimum Gasteiger partial charge on any atom is -0.308 e. The minimum atomic E-state index is 0.470. The normalized spacial score (nSPS) is 18.6. The molecule has 0 amide bonds. The van der Waals surface area contributed by atoms with Gasteiger partial charge in [0.05, 0.1) is 28.0 Å². The molecule has 2 aromatic heterocycles. The Morgan fingerprint density at radius 1 is 0.865 bits per heavy atom. The summed E-state index contributed by atoms with van der Waals surface area (Å²) in [5, 5.41) is 18.7. The minimum absolute atomic E-state index is 0.470. The number of benzene rings is 4. The number of hydrogen-bond acceptors (Lipinski definition) is 1. The maximum absolute atomic E-state index is 9.51. The van der Waals surface area contributed by atoms with Gasteiger partial charge in [0, 0.05) is 27.3 Å². The molecular formula is C35H26N2. The van der Waals surface area contributed by atoms with E-state index in [0.717, 1.165) is 23.1 Å². The number of aromatic nitrogens is 1. The lowest BCUT2D eigenvalue weighted by Crippen LogP contribution is -2.34. The molecular weight excluding hydrogens is 448 g/mol. The molecule has 0 saturated carbocycles. The van der Waals surface area contributed by atoms with Gasteiger partial charge in [0.1, 0.15) is 0 Å². The first-order valence-electron chi connectivity index (χ1n) is 13.2. The summed E-state index contributed by atoms with van der Waals surface area (Å²) < 4.78 is 2.53. The lowest BCUT2D eigenvalue weighted by Gasteiger charge is -2.24. The molecule has 2 aliphatic carbocycles. The number of hydrogen-bond donors (Lipinski definition) is 0. The number of aryl methyl sites for hydroxylation is 2. The van der Waals surface area contributed by atoms with Crippen LogP contribution in [-0.2, 0) is 0 Å². The van der Waals surface area contributed by atoms with Crippen LogP contribution >= 0.6 is 0 Å². The lowest BCUT2D eigenvalue weighted by molar-refractivity contribution is 0.535. The lowest BCUT2D eigenvalue weighted by atomic mass is 9.81. The maximum Gasteiger partial charge on any atom is 0.0991 e. The van der Waals surface area contributed by atoms with Gasteiger partial charge in [0.2, 0.25) is 0 Å². The SMILES string of the molecule is Cc1cc(C#N)cc(C)c1-c1cc2c3c(n4c5cc6ccccc6cc5c(c1)c24)=CC1C=CCCC1C=3. The summed E-state index contributed by atoms with van der Waals surface area (Å²) in [7, 11) is 0. The van der Waals surface area contributed by atoms with E-state index in [1.54, 1.807) is 0 Å². The Kier molecular flexibility index (Phi) is 4.13. The largest absolute Gasteiger partial charge is 0.308 e. The monoisotopic (exact) mass is 474 g/mol. The van der Waals surface area contributed by atoms with E-state index < -0.39 is 0 Å². The molecule has 37 heavy (non-hydrogen) atoms. The molecule has 0 saturated heterocycles. The van der Waals surface area contributed by atoms with E-state index >= 15 is 0 Å². The highest BCUT2D eigenvalue weighted by Crippen LogP contribution is 2.39. The number of rotatable bonds is 1. The fourth-order valence-corrected chi connectivity index (χ4v) is 7.16. The van der Waals surface area contributed by atoms with E-state index in [-0.39, 0.29) is 0 Å². The molecule has 2 aliphatic rings. The fourth-order valence-electron chi connectivity index (χ4n) is 7.16. The van der Waals surface area contributed by atoms with Crippen molar-refractivity contribution in [3.8, 4) is 17.2 Å². The molecule has 2 nitrogen and oxygen atoms in total. The Hall–Kier alpha value is -4.35. The smallest absolute Gasteiger partial charge is 0.0991 e. The summed E-state index contributed by atoms with van der Waals surface area (Å²) in [6, 6.07) is 24.6. The van der Waals surface area contributed by atoms with Crippen LogP contribution in [0.15, 0.2) is 72.8 Å². The number of fused-ring (bicyclic) bond motifs is 8. The molecule has 0 spiro atoms. The highest BCUT2D eigenvalue weighted by atomic mass is 14.9. The molecule has 0 bridgehead atoms. The Balaban J connectivity index is 1.58. The first kappa shape index (κ1) is 20.8. The molecule has 6 aromatic rings. The molecule has 2 heteroatoms. The summed E-state index contributed by atoms with van der Waals surface area (Å²) in [5.74, 6) is 1.04. The van der Waals surface area contributed by atoms with Crippen LogP contribution in [0.25, 0.3) is 61.2 Å². The van der Waals surface area contributed by atoms with E-state index in [9.17, 15) is 5.26 Å². The van der Waals surface area contributed by atoms with Crippen molar-refractivity contribution in [3.63, 3.8) is 0 Å². The molecule has 2 unspecified atom stereocenters. The van der Waals surface area contributed by atoms with Crippen molar-refractivity contribution in [1.82, 2.24) is 4.40 Å². The van der Waals surface area contributed by atoms with Crippen molar-refractivity contribution >= 4 is 50.1 Å². The summed E-state index contributed by atoms with van der Waals surface area (Å²) in [6.07, 6.45) is 12.2. The van der Waals surface area contributed by atoms with Crippen LogP contribution in [0.4, 0.5) is 0 Å². The Morgan fingerprint density at radius 2 is 1.62 bits per heavy atom. The third-order valence-electron chi connectivity index (χ3n) is 8.74. The number of nitrogens with zero attached hydrogens (tertiary/aromatic N) is 2. The first-order chi connectivity index (χ1) is 18.1. The Bertz CT molecular complexity index is 2110. The first-order valence-corrected chi connectivity index (χ1v) is 13.2. The van der Waals surface area contributed by atoms with Gasteiger partial charge >= 0.3 is 0 Å². The summed E-state index contributed by atoms with van der Waals surface area (Å²) >= 11 is 0. The highest BCUT2D eigenvalue weighted by Gasteiger charge is 2.25. The van der Waals surface area contributed by atoms with Crippen LogP contribution in [0, 0.1) is 37.0 Å². The van der Waals surface area contributed by atoms with Crippen LogP contribution in [-0.4, -0.2) is 4.40 Å². The second kappa shape index (κ2) is 7.34. The van der Waals surface area contributed by atoms with Gasteiger partial charge in [-0.1, -0.05) is 48.6 Å². The molecule has 0 radical (unpaired) electrons. The second-order valence-electron chi connectivity index (χ2n) is 10.9. The Labute approximate surface area is 215 Å². The van der Waals surface area contributed by atoms with Crippen molar-refractivity contribution in [1.29, 1.82) is 5.26 Å². The molecule has 2 heterocycles. The van der Waals surface area contributed by atoms with Gasteiger partial charge in [-0.05, 0) is 102 Å². The van der Waals surface area contributed by atoms with Gasteiger partial charge < -0.3 is 4.40 Å². The van der Waals surface area contributed by atoms with Gasteiger partial charge in [0.25, 0.3) is 0 Å². The number of nitriles is 1. The van der Waals surface area contributed by atoms with Crippen LogP contribution in [0.5, 0.6) is 0 Å². The van der Waals surface area contributed by atoms with Crippen molar-refractivity contribution in [2.24, 2.45) is 11.8 Å². The summed E-state index contributed by atoms with van der Waals surface area (Å²) in [5.41, 5.74) is 8.13. The number of allylic oxidation sites excluding steroid dienone is 2. The zero-order chi connectivity index (χ0) is 24.8. The topological polar surface area (TPSA) is 28.2 Å². The van der Waals surface area contributed by atoms with Gasteiger partial charge in [-0.2, -0.15) is 5.26 Å². The third-order valence-corrected chi connectivity index (χ3v) is 8.74. The molecule has 8 rings (SSSR count). The predicted octanol–water partition coefficient (Wildman–Crippen LogP) is 7.15. The molecule has 0 N–H and O–H groups in total. The van der Waals surface area contributed by atoms with E-state index in [2.05, 4.69) is 97.2 Å². The average molecular weight is 475 g/mol. The average Bonchev–Trinajstić information content (AvgIpc) is 3.40. The second-order valence-corrected chi connectivity index (χ2v) is 10.9. The predicted molar refractivity (Wildman–Crippen MR) is 154 cm³/mol. The van der Waals surface area contributed by atoms with Gasteiger partial charge in [-0.3, -0.25) is 0 Å². The van der Waals surface area contributed by atoms with Crippen molar-refractivity contribution in [3.05, 3.63) is 100 Å². The van der Waals surface area contributed by atoms with Gasteiger partial charge in [-0.15, -0.1) is 0 Å².